The van der Waals surface area contributed by atoms with E-state index in [-0.39, 0.29) is 34.3 Å². The van der Waals surface area contributed by atoms with Crippen LogP contribution in [0.5, 0.6) is 0 Å². The summed E-state index contributed by atoms with van der Waals surface area (Å²) in [6, 6.07) is 22.1. The number of hydrogen-bond donors (Lipinski definition) is 0. The van der Waals surface area contributed by atoms with Gasteiger partial charge < -0.3 is 0 Å². The van der Waals surface area contributed by atoms with Crippen molar-refractivity contribution >= 4 is 44.7 Å². The Kier molecular flexibility index (Phi) is 4.75. The summed E-state index contributed by atoms with van der Waals surface area (Å²) in [5.74, 6) is -1.11. The molecule has 2 aliphatic carbocycles. The van der Waals surface area contributed by atoms with E-state index in [1.807, 2.05) is 60.7 Å². The molecule has 0 saturated heterocycles. The maximum Gasteiger partial charge on any atom is 0.198 e. The summed E-state index contributed by atoms with van der Waals surface area (Å²) in [5.41, 5.74) is 2.02. The number of Topliss-reactive ketones (excluding diaryl/α,β-unsaturated/α-hetero) is 4. The highest BCUT2D eigenvalue weighted by Crippen LogP contribution is 2.34. The summed E-state index contributed by atoms with van der Waals surface area (Å²) in [6.45, 7) is 0. The summed E-state index contributed by atoms with van der Waals surface area (Å²) in [5, 5.41) is 3.37. The maximum absolute atomic E-state index is 13.0. The largest absolute Gasteiger partial charge is 0.288 e. The van der Waals surface area contributed by atoms with E-state index in [0.29, 0.717) is 28.7 Å². The Morgan fingerprint density at radius 1 is 0.543 bits per heavy atom. The molecule has 0 heterocycles. The molecule has 4 aromatic carbocycles. The van der Waals surface area contributed by atoms with Crippen LogP contribution >= 0.6 is 0 Å². The van der Waals surface area contributed by atoms with Crippen molar-refractivity contribution in [2.45, 2.75) is 6.42 Å². The van der Waals surface area contributed by atoms with Gasteiger partial charge in [0.2, 0.25) is 0 Å². The monoisotopic (exact) mass is 454 g/mol. The number of carbonyl (C=O) groups is 4. The quantitative estimate of drug-likeness (QED) is 0.271. The van der Waals surface area contributed by atoms with Gasteiger partial charge in [-0.25, -0.2) is 0 Å². The average molecular weight is 454 g/mol. The van der Waals surface area contributed by atoms with Gasteiger partial charge in [0.25, 0.3) is 0 Å². The van der Waals surface area contributed by atoms with Crippen LogP contribution in [0.2, 0.25) is 0 Å². The van der Waals surface area contributed by atoms with Gasteiger partial charge in [-0.05, 0) is 46.2 Å². The van der Waals surface area contributed by atoms with Crippen LogP contribution in [0.25, 0.3) is 21.5 Å². The number of allylic oxidation sites excluding steroid dienone is 6. The number of hydrogen-bond acceptors (Lipinski definition) is 4. The Morgan fingerprint density at radius 3 is 1.66 bits per heavy atom. The molecule has 4 aromatic rings. The molecule has 6 rings (SSSR count). The average Bonchev–Trinajstić information content (AvgIpc) is 3.28. The summed E-state index contributed by atoms with van der Waals surface area (Å²) in [7, 11) is 0. The first-order valence-electron chi connectivity index (χ1n) is 11.4. The normalized spacial score (nSPS) is 17.5. The van der Waals surface area contributed by atoms with Crippen molar-refractivity contribution in [1.29, 1.82) is 0 Å². The highest BCUT2D eigenvalue weighted by atomic mass is 16.2. The van der Waals surface area contributed by atoms with Gasteiger partial charge >= 0.3 is 0 Å². The molecule has 0 bridgehead atoms. The molecule has 0 aromatic heterocycles. The van der Waals surface area contributed by atoms with Crippen molar-refractivity contribution in [3.8, 4) is 0 Å². The van der Waals surface area contributed by atoms with E-state index in [2.05, 4.69) is 0 Å². The molecule has 4 nitrogen and oxygen atoms in total. The van der Waals surface area contributed by atoms with Crippen LogP contribution in [0.15, 0.2) is 108 Å². The molecule has 0 spiro atoms. The van der Waals surface area contributed by atoms with Crippen LogP contribution < -0.4 is 0 Å². The van der Waals surface area contributed by atoms with Crippen molar-refractivity contribution in [3.05, 3.63) is 131 Å². The van der Waals surface area contributed by atoms with E-state index in [1.54, 1.807) is 30.4 Å². The molecule has 4 heteroatoms. The van der Waals surface area contributed by atoms with E-state index in [1.165, 1.54) is 6.08 Å². The highest BCUT2D eigenvalue weighted by molar-refractivity contribution is 6.43. The smallest absolute Gasteiger partial charge is 0.198 e. The third-order valence-corrected chi connectivity index (χ3v) is 6.64. The van der Waals surface area contributed by atoms with Crippen molar-refractivity contribution in [2.75, 3.05) is 0 Å². The number of rotatable bonds is 3. The maximum atomic E-state index is 13.0. The second-order valence-electron chi connectivity index (χ2n) is 8.60. The second-order valence-corrected chi connectivity index (χ2v) is 8.60. The van der Waals surface area contributed by atoms with Crippen LogP contribution in [-0.4, -0.2) is 23.1 Å². The Balaban J connectivity index is 1.25. The number of carbonyl (C=O) groups excluding carboxylic acids is 4. The fraction of sp³-hybridized carbons (Fsp3) is 0.0323. The predicted molar refractivity (Wildman–Crippen MR) is 135 cm³/mol. The Morgan fingerprint density at radius 2 is 1.06 bits per heavy atom. The Hall–Kier alpha value is -4.70. The van der Waals surface area contributed by atoms with Gasteiger partial charge in [-0.3, -0.25) is 19.2 Å². The van der Waals surface area contributed by atoms with Gasteiger partial charge in [0.15, 0.2) is 23.1 Å². The van der Waals surface area contributed by atoms with E-state index < -0.39 is 0 Å². The zero-order valence-corrected chi connectivity index (χ0v) is 18.6. The minimum Gasteiger partial charge on any atom is -0.288 e. The molecule has 35 heavy (non-hydrogen) atoms. The van der Waals surface area contributed by atoms with Crippen LogP contribution in [-0.2, 0) is 0 Å². The van der Waals surface area contributed by atoms with Crippen LogP contribution in [0.4, 0.5) is 0 Å². The molecule has 0 aliphatic heterocycles. The van der Waals surface area contributed by atoms with Gasteiger partial charge in [-0.2, -0.15) is 0 Å². The topological polar surface area (TPSA) is 68.3 Å². The molecule has 0 fully saturated rings. The molecule has 0 amide bonds. The third kappa shape index (κ3) is 3.15. The van der Waals surface area contributed by atoms with Crippen molar-refractivity contribution < 1.29 is 19.2 Å². The van der Waals surface area contributed by atoms with E-state index in [4.69, 9.17) is 0 Å². The Labute approximate surface area is 200 Å². The lowest BCUT2D eigenvalue weighted by molar-refractivity contribution is 0.0973. The molecule has 0 unspecified atom stereocenters. The first kappa shape index (κ1) is 20.9. The molecular weight excluding hydrogens is 436 g/mol. The summed E-state index contributed by atoms with van der Waals surface area (Å²) < 4.78 is 0. The van der Waals surface area contributed by atoms with Crippen molar-refractivity contribution in [2.24, 2.45) is 0 Å². The van der Waals surface area contributed by atoms with Gasteiger partial charge in [0.1, 0.15) is 0 Å². The molecule has 0 N–H and O–H groups in total. The molecular formula is C31H18O4. The molecule has 2 aliphatic rings. The zero-order valence-electron chi connectivity index (χ0n) is 18.6. The molecule has 0 atom stereocenters. The van der Waals surface area contributed by atoms with Crippen LogP contribution in [0.1, 0.15) is 47.9 Å². The summed E-state index contributed by atoms with van der Waals surface area (Å²) in [4.78, 5) is 51.6. The van der Waals surface area contributed by atoms with Gasteiger partial charge in [-0.1, -0.05) is 78.9 Å². The first-order chi connectivity index (χ1) is 17.1. The zero-order chi connectivity index (χ0) is 24.1. The molecule has 0 saturated carbocycles. The lowest BCUT2D eigenvalue weighted by atomic mass is 10.0. The van der Waals surface area contributed by atoms with Crippen LogP contribution in [0.3, 0.4) is 0 Å². The molecule has 166 valence electrons. The number of fused-ring (bicyclic) bond motifs is 6. The first-order valence-corrected chi connectivity index (χ1v) is 11.4. The van der Waals surface area contributed by atoms with Gasteiger partial charge in [-0.15, -0.1) is 0 Å². The standard InChI is InChI=1S/C31H18O4/c32-28-22-16-14-18-8-4-6-10-20(18)26(22)30(34)24(28)12-2-1-3-13-25-29(33)23-17-15-19-9-5-7-11-21(19)27(23)31(25)35/h1-2,4-17H,3H2. The van der Waals surface area contributed by atoms with Crippen LogP contribution in [0, 0.1) is 0 Å². The van der Waals surface area contributed by atoms with Gasteiger partial charge in [0.05, 0.1) is 11.1 Å². The lowest BCUT2D eigenvalue weighted by Crippen LogP contribution is -2.00. The predicted octanol–water partition coefficient (Wildman–Crippen LogP) is 6.25. The van der Waals surface area contributed by atoms with E-state index in [9.17, 15) is 19.2 Å². The van der Waals surface area contributed by atoms with E-state index in [0.717, 1.165) is 21.5 Å². The number of ketones is 4. The van der Waals surface area contributed by atoms with Gasteiger partial charge in [0, 0.05) is 22.3 Å². The minimum absolute atomic E-state index is 0.118. The number of benzene rings is 4. The third-order valence-electron chi connectivity index (χ3n) is 6.64. The minimum atomic E-state index is -0.290. The lowest BCUT2D eigenvalue weighted by Gasteiger charge is -2.01. The second kappa shape index (κ2) is 7.96. The highest BCUT2D eigenvalue weighted by Gasteiger charge is 2.35. The Bertz CT molecular complexity index is 1730. The summed E-state index contributed by atoms with van der Waals surface area (Å²) in [6.07, 6.45) is 6.79. The SMILES string of the molecule is O=C1C(=CC=CCC=C2C(=O)c3ccc4ccccc4c3C2=O)C(=O)c2c1ccc1ccccc21. The van der Waals surface area contributed by atoms with E-state index >= 15 is 0 Å². The summed E-state index contributed by atoms with van der Waals surface area (Å²) >= 11 is 0. The fourth-order valence-corrected chi connectivity index (χ4v) is 4.94. The fourth-order valence-electron chi connectivity index (χ4n) is 4.94. The molecule has 0 radical (unpaired) electrons. The van der Waals surface area contributed by atoms with Crippen molar-refractivity contribution in [3.63, 3.8) is 0 Å². The van der Waals surface area contributed by atoms with Crippen molar-refractivity contribution in [1.82, 2.24) is 0 Å².